The summed E-state index contributed by atoms with van der Waals surface area (Å²) in [7, 11) is 0. The van der Waals surface area contributed by atoms with E-state index in [9.17, 15) is 5.11 Å². The van der Waals surface area contributed by atoms with Gasteiger partial charge in [0.1, 0.15) is 17.4 Å². The van der Waals surface area contributed by atoms with E-state index >= 15 is 0 Å². The normalized spacial score (nSPS) is 11.7. The van der Waals surface area contributed by atoms with Crippen LogP contribution in [0.3, 0.4) is 0 Å². The maximum absolute atomic E-state index is 9.83. The number of nitriles is 1. The molecule has 0 saturated heterocycles. The van der Waals surface area contributed by atoms with Gasteiger partial charge in [-0.05, 0) is 13.0 Å². The van der Waals surface area contributed by atoms with Gasteiger partial charge in [0, 0.05) is 15.7 Å². The number of nitrogens with one attached hydrogen (secondary N) is 2. The molecule has 0 amide bonds. The van der Waals surface area contributed by atoms with Crippen molar-refractivity contribution < 1.29 is 5.11 Å². The summed E-state index contributed by atoms with van der Waals surface area (Å²) in [6, 6.07) is 9.44. The molecule has 0 saturated carbocycles. The van der Waals surface area contributed by atoms with Crippen LogP contribution in [0.25, 0.3) is 11.4 Å². The Labute approximate surface area is 139 Å². The van der Waals surface area contributed by atoms with Crippen LogP contribution >= 0.6 is 27.7 Å². The zero-order valence-electron chi connectivity index (χ0n) is 11.6. The summed E-state index contributed by atoms with van der Waals surface area (Å²) in [5, 5.41) is 34.7. The van der Waals surface area contributed by atoms with E-state index in [-0.39, 0.29) is 22.8 Å². The van der Waals surface area contributed by atoms with E-state index < -0.39 is 0 Å². The minimum atomic E-state index is -0.140. The lowest BCUT2D eigenvalue weighted by molar-refractivity contribution is 0.415. The number of aromatic amines is 1. The molecular formula is C14H12BrN5OS. The highest BCUT2D eigenvalue weighted by atomic mass is 79.9. The van der Waals surface area contributed by atoms with Crippen LogP contribution in [-0.4, -0.2) is 31.8 Å². The molecule has 3 N–H and O–H groups in total. The van der Waals surface area contributed by atoms with Gasteiger partial charge in [-0.15, -0.1) is 10.2 Å². The molecule has 0 aliphatic rings. The van der Waals surface area contributed by atoms with Crippen molar-refractivity contribution in [2.45, 2.75) is 12.1 Å². The predicted octanol–water partition coefficient (Wildman–Crippen LogP) is 3.70. The molecule has 2 aromatic rings. The van der Waals surface area contributed by atoms with E-state index in [1.165, 1.54) is 18.7 Å². The first-order chi connectivity index (χ1) is 10.5. The summed E-state index contributed by atoms with van der Waals surface area (Å²) >= 11 is 4.66. The molecule has 0 fully saturated rings. The Hall–Kier alpha value is -2.11. The van der Waals surface area contributed by atoms with Crippen LogP contribution in [0.5, 0.6) is 0 Å². The quantitative estimate of drug-likeness (QED) is 0.318. The van der Waals surface area contributed by atoms with Crippen molar-refractivity contribution in [2.24, 2.45) is 0 Å². The van der Waals surface area contributed by atoms with Gasteiger partial charge in [-0.2, -0.15) is 5.26 Å². The predicted molar refractivity (Wildman–Crippen MR) is 88.9 cm³/mol. The first kappa shape index (κ1) is 16.3. The topological polar surface area (TPSA) is 109 Å². The van der Waals surface area contributed by atoms with Crippen LogP contribution in [0.15, 0.2) is 45.2 Å². The van der Waals surface area contributed by atoms with Crippen molar-refractivity contribution >= 4 is 33.4 Å². The number of benzene rings is 1. The van der Waals surface area contributed by atoms with Crippen LogP contribution in [0.2, 0.25) is 0 Å². The standard InChI is InChI=1S/C14H12BrN5OS/c1-8(17)10(6-16)12(21)7-22-14-18-13(19-20-14)9-4-2-3-5-11(9)15/h2-5,17,21H,7H2,1H3,(H,18,19,20)/b12-10-,17-8?. The van der Waals surface area contributed by atoms with Gasteiger partial charge in [-0.1, -0.05) is 45.9 Å². The molecule has 0 aliphatic carbocycles. The number of rotatable bonds is 5. The Kier molecular flexibility index (Phi) is 5.35. The van der Waals surface area contributed by atoms with Gasteiger partial charge in [0.2, 0.25) is 0 Å². The fraction of sp³-hybridized carbons (Fsp3) is 0.143. The van der Waals surface area contributed by atoms with Gasteiger partial charge in [0.25, 0.3) is 0 Å². The highest BCUT2D eigenvalue weighted by Gasteiger charge is 2.12. The highest BCUT2D eigenvalue weighted by Crippen LogP contribution is 2.26. The minimum Gasteiger partial charge on any atom is -0.510 e. The molecule has 0 unspecified atom stereocenters. The first-order valence-corrected chi connectivity index (χ1v) is 7.99. The molecule has 0 aliphatic heterocycles. The number of H-pyrrole nitrogens is 1. The Balaban J connectivity index is 2.13. The largest absolute Gasteiger partial charge is 0.510 e. The number of aliphatic hydroxyl groups is 1. The molecule has 0 spiro atoms. The average molecular weight is 378 g/mol. The maximum Gasteiger partial charge on any atom is 0.189 e. The van der Waals surface area contributed by atoms with E-state index in [0.717, 1.165) is 10.0 Å². The Morgan fingerprint density at radius 3 is 2.82 bits per heavy atom. The molecule has 6 nitrogen and oxygen atoms in total. The smallest absolute Gasteiger partial charge is 0.189 e. The van der Waals surface area contributed by atoms with Crippen molar-refractivity contribution in [2.75, 3.05) is 5.75 Å². The second kappa shape index (κ2) is 7.24. The molecule has 0 radical (unpaired) electrons. The molecule has 1 aromatic carbocycles. The second-order valence-electron chi connectivity index (χ2n) is 4.31. The summed E-state index contributed by atoms with van der Waals surface area (Å²) in [5.41, 5.74) is 0.903. The van der Waals surface area contributed by atoms with Crippen LogP contribution in [0.1, 0.15) is 6.92 Å². The highest BCUT2D eigenvalue weighted by molar-refractivity contribution is 9.10. The van der Waals surface area contributed by atoms with Crippen molar-refractivity contribution in [1.29, 1.82) is 10.7 Å². The summed E-state index contributed by atoms with van der Waals surface area (Å²) in [4.78, 5) is 3.05. The number of hydrogen-bond donors (Lipinski definition) is 3. The lowest BCUT2D eigenvalue weighted by Gasteiger charge is -2.01. The average Bonchev–Trinajstić information content (AvgIpc) is 2.94. The number of halogens is 1. The van der Waals surface area contributed by atoms with Gasteiger partial charge in [0.15, 0.2) is 11.0 Å². The number of nitrogens with zero attached hydrogens (tertiary/aromatic N) is 3. The number of thioether (sulfide) groups is 1. The van der Waals surface area contributed by atoms with Crippen molar-refractivity contribution in [3.05, 3.63) is 40.1 Å². The summed E-state index contributed by atoms with van der Waals surface area (Å²) < 4.78 is 0.900. The Bertz CT molecular complexity index is 778. The molecular weight excluding hydrogens is 366 g/mol. The molecule has 1 heterocycles. The van der Waals surface area contributed by atoms with Crippen LogP contribution < -0.4 is 0 Å². The maximum atomic E-state index is 9.83. The third-order valence-electron chi connectivity index (χ3n) is 2.72. The second-order valence-corrected chi connectivity index (χ2v) is 6.12. The van der Waals surface area contributed by atoms with E-state index in [1.54, 1.807) is 0 Å². The van der Waals surface area contributed by atoms with Crippen molar-refractivity contribution in [3.63, 3.8) is 0 Å². The molecule has 1 aromatic heterocycles. The van der Waals surface area contributed by atoms with Crippen LogP contribution in [0.4, 0.5) is 0 Å². The zero-order valence-corrected chi connectivity index (χ0v) is 14.0. The lowest BCUT2D eigenvalue weighted by atomic mass is 10.2. The van der Waals surface area contributed by atoms with E-state index in [2.05, 4.69) is 31.1 Å². The number of allylic oxidation sites excluding steroid dienone is 1. The number of aromatic nitrogens is 3. The van der Waals surface area contributed by atoms with Crippen LogP contribution in [-0.2, 0) is 0 Å². The van der Waals surface area contributed by atoms with Gasteiger partial charge < -0.3 is 15.5 Å². The SMILES string of the molecule is CC(=N)/C(C#N)=C(\O)CSc1nnc(-c2ccccc2Br)[nH]1. The molecule has 0 atom stereocenters. The molecule has 22 heavy (non-hydrogen) atoms. The third-order valence-corrected chi connectivity index (χ3v) is 4.28. The first-order valence-electron chi connectivity index (χ1n) is 6.21. The van der Waals surface area contributed by atoms with Gasteiger partial charge in [0.05, 0.1) is 5.75 Å². The molecule has 112 valence electrons. The lowest BCUT2D eigenvalue weighted by Crippen LogP contribution is -2.00. The number of aliphatic hydroxyl groups excluding tert-OH is 1. The number of hydrogen-bond acceptors (Lipinski definition) is 6. The third kappa shape index (κ3) is 3.75. The molecule has 8 heteroatoms. The van der Waals surface area contributed by atoms with E-state index in [1.807, 2.05) is 30.3 Å². The monoisotopic (exact) mass is 377 g/mol. The fourth-order valence-corrected chi connectivity index (χ4v) is 2.82. The van der Waals surface area contributed by atoms with Gasteiger partial charge >= 0.3 is 0 Å². The Morgan fingerprint density at radius 2 is 2.18 bits per heavy atom. The molecule has 2 rings (SSSR count). The van der Waals surface area contributed by atoms with Gasteiger partial charge in [-0.3, -0.25) is 0 Å². The van der Waals surface area contributed by atoms with Gasteiger partial charge in [-0.25, -0.2) is 0 Å². The zero-order chi connectivity index (χ0) is 16.1. The molecule has 0 bridgehead atoms. The minimum absolute atomic E-state index is 0.0157. The summed E-state index contributed by atoms with van der Waals surface area (Å²) in [6.45, 7) is 1.46. The van der Waals surface area contributed by atoms with E-state index in [4.69, 9.17) is 10.7 Å². The van der Waals surface area contributed by atoms with Crippen molar-refractivity contribution in [3.8, 4) is 17.5 Å². The van der Waals surface area contributed by atoms with Crippen LogP contribution in [0, 0.1) is 16.7 Å². The Morgan fingerprint density at radius 1 is 1.45 bits per heavy atom. The summed E-state index contributed by atoms with van der Waals surface area (Å²) in [5.74, 6) is 0.616. The summed E-state index contributed by atoms with van der Waals surface area (Å²) in [6.07, 6.45) is 0. The van der Waals surface area contributed by atoms with Crippen molar-refractivity contribution in [1.82, 2.24) is 15.2 Å². The fourth-order valence-electron chi connectivity index (χ4n) is 1.66. The van der Waals surface area contributed by atoms with E-state index in [0.29, 0.717) is 11.0 Å².